The fourth-order valence-corrected chi connectivity index (χ4v) is 4.81. The number of hydrogen-bond acceptors (Lipinski definition) is 7. The second-order valence-corrected chi connectivity index (χ2v) is 9.56. The van der Waals surface area contributed by atoms with Gasteiger partial charge >= 0.3 is 12.2 Å². The van der Waals surface area contributed by atoms with Crippen LogP contribution >= 0.6 is 11.6 Å². The van der Waals surface area contributed by atoms with Gasteiger partial charge in [0.25, 0.3) is 0 Å². The largest absolute Gasteiger partial charge is 0.493 e. The Labute approximate surface area is 232 Å². The number of amides is 2. The Kier molecular flexibility index (Phi) is 9.91. The molecule has 0 saturated heterocycles. The lowest BCUT2D eigenvalue weighted by Crippen LogP contribution is -2.40. The molecule has 0 saturated carbocycles. The first-order valence-electron chi connectivity index (χ1n) is 12.9. The zero-order valence-electron chi connectivity index (χ0n) is 22.1. The van der Waals surface area contributed by atoms with Crippen molar-refractivity contribution in [1.29, 1.82) is 0 Å². The molecule has 2 amide bonds. The number of halogens is 1. The lowest BCUT2D eigenvalue weighted by molar-refractivity contribution is 0.0909. The van der Waals surface area contributed by atoms with E-state index in [0.717, 1.165) is 27.7 Å². The Morgan fingerprint density at radius 3 is 2.69 bits per heavy atom. The van der Waals surface area contributed by atoms with Crippen LogP contribution in [-0.4, -0.2) is 79.9 Å². The van der Waals surface area contributed by atoms with Crippen LogP contribution in [0, 0.1) is 0 Å². The number of ether oxygens (including phenoxy) is 4. The number of carbonyl (C=O) groups is 2. The molecule has 0 fully saturated rings. The van der Waals surface area contributed by atoms with E-state index in [4.69, 9.17) is 30.5 Å². The minimum Gasteiger partial charge on any atom is -0.493 e. The Balaban J connectivity index is 1.41. The molecule has 1 aliphatic rings. The summed E-state index contributed by atoms with van der Waals surface area (Å²) in [6.07, 6.45) is -0.749. The highest BCUT2D eigenvalue weighted by molar-refractivity contribution is 6.31. The van der Waals surface area contributed by atoms with Gasteiger partial charge in [0.15, 0.2) is 0 Å². The van der Waals surface area contributed by atoms with Crippen molar-refractivity contribution in [1.82, 2.24) is 15.2 Å². The standard InChI is InChI=1S/C28H34ClN3O7/c1-3-37-28(35)32-12-10-22-23-16-19(29)6-9-24(23)31-25(22)26(32)18-4-7-21(8-5-18)38-13-11-20(33)17-30-27(34)39-15-14-36-2/h4-9,16,20,26,31,33H,3,10-15,17H2,1-2H3,(H,30,34). The zero-order valence-corrected chi connectivity index (χ0v) is 22.8. The van der Waals surface area contributed by atoms with Gasteiger partial charge in [0.1, 0.15) is 18.4 Å². The molecule has 4 rings (SSSR count). The van der Waals surface area contributed by atoms with Gasteiger partial charge < -0.3 is 34.4 Å². The summed E-state index contributed by atoms with van der Waals surface area (Å²) >= 11 is 6.27. The molecule has 2 heterocycles. The molecule has 1 aromatic heterocycles. The number of H-pyrrole nitrogens is 1. The van der Waals surface area contributed by atoms with Crippen LogP contribution in [0.5, 0.6) is 5.75 Å². The molecule has 3 aromatic rings. The third kappa shape index (κ3) is 7.14. The normalized spacial score (nSPS) is 15.5. The van der Waals surface area contributed by atoms with Crippen LogP contribution in [-0.2, 0) is 20.6 Å². The van der Waals surface area contributed by atoms with Gasteiger partial charge in [-0.3, -0.25) is 4.90 Å². The SMILES string of the molecule is CCOC(=O)N1CCc2c([nH]c3ccc(Cl)cc23)C1c1ccc(OCCC(O)CNC(=O)OCCOC)cc1. The van der Waals surface area contributed by atoms with Crippen LogP contribution in [0.25, 0.3) is 10.9 Å². The van der Waals surface area contributed by atoms with E-state index in [-0.39, 0.29) is 31.9 Å². The predicted octanol–water partition coefficient (Wildman–Crippen LogP) is 4.43. The molecule has 3 N–H and O–H groups in total. The van der Waals surface area contributed by atoms with Crippen LogP contribution in [0.15, 0.2) is 42.5 Å². The molecule has 0 spiro atoms. The molecule has 2 aromatic carbocycles. The lowest BCUT2D eigenvalue weighted by Gasteiger charge is -2.35. The smallest absolute Gasteiger partial charge is 0.410 e. The quantitative estimate of drug-likeness (QED) is 0.297. The summed E-state index contributed by atoms with van der Waals surface area (Å²) in [5, 5.41) is 14.3. The van der Waals surface area contributed by atoms with E-state index >= 15 is 0 Å². The lowest BCUT2D eigenvalue weighted by atomic mass is 9.92. The average Bonchev–Trinajstić information content (AvgIpc) is 3.30. The number of aromatic nitrogens is 1. The highest BCUT2D eigenvalue weighted by Crippen LogP contribution is 2.39. The van der Waals surface area contributed by atoms with E-state index in [1.165, 1.54) is 7.11 Å². The van der Waals surface area contributed by atoms with Crippen LogP contribution in [0.1, 0.15) is 36.2 Å². The first kappa shape index (κ1) is 28.5. The summed E-state index contributed by atoms with van der Waals surface area (Å²) < 4.78 is 20.9. The summed E-state index contributed by atoms with van der Waals surface area (Å²) in [6, 6.07) is 12.9. The van der Waals surface area contributed by atoms with E-state index in [1.807, 2.05) is 42.5 Å². The average molecular weight is 560 g/mol. The minimum atomic E-state index is -0.784. The number of hydrogen-bond donors (Lipinski definition) is 3. The maximum Gasteiger partial charge on any atom is 0.410 e. The molecule has 0 radical (unpaired) electrons. The fraction of sp³-hybridized carbons (Fsp3) is 0.429. The van der Waals surface area contributed by atoms with Crippen molar-refractivity contribution in [3.8, 4) is 5.75 Å². The van der Waals surface area contributed by atoms with Crippen molar-refractivity contribution >= 4 is 34.7 Å². The topological polar surface area (TPSA) is 122 Å². The van der Waals surface area contributed by atoms with Gasteiger partial charge in [-0.1, -0.05) is 23.7 Å². The maximum absolute atomic E-state index is 12.9. The van der Waals surface area contributed by atoms with Crippen molar-refractivity contribution in [2.75, 3.05) is 46.6 Å². The number of fused-ring (bicyclic) bond motifs is 3. The number of alkyl carbamates (subject to hydrolysis) is 1. The van der Waals surface area contributed by atoms with Gasteiger partial charge in [-0.15, -0.1) is 0 Å². The van der Waals surface area contributed by atoms with Crippen LogP contribution in [0.4, 0.5) is 9.59 Å². The van der Waals surface area contributed by atoms with Crippen molar-refractivity contribution in [2.45, 2.75) is 31.9 Å². The molecule has 0 bridgehead atoms. The number of nitrogens with one attached hydrogen (secondary N) is 2. The van der Waals surface area contributed by atoms with Gasteiger partial charge in [0.2, 0.25) is 0 Å². The number of methoxy groups -OCH3 is 1. The predicted molar refractivity (Wildman–Crippen MR) is 146 cm³/mol. The first-order valence-corrected chi connectivity index (χ1v) is 13.3. The number of nitrogens with zero attached hydrogens (tertiary/aromatic N) is 1. The third-order valence-electron chi connectivity index (χ3n) is 6.51. The van der Waals surface area contributed by atoms with Gasteiger partial charge in [-0.05, 0) is 54.8 Å². The monoisotopic (exact) mass is 559 g/mol. The van der Waals surface area contributed by atoms with Crippen molar-refractivity contribution < 1.29 is 33.6 Å². The van der Waals surface area contributed by atoms with E-state index in [2.05, 4.69) is 10.3 Å². The Morgan fingerprint density at radius 1 is 1.15 bits per heavy atom. The minimum absolute atomic E-state index is 0.0531. The van der Waals surface area contributed by atoms with Gasteiger partial charge in [0.05, 0.1) is 25.9 Å². The van der Waals surface area contributed by atoms with E-state index in [0.29, 0.717) is 43.4 Å². The van der Waals surface area contributed by atoms with Crippen molar-refractivity contribution in [2.24, 2.45) is 0 Å². The van der Waals surface area contributed by atoms with Gasteiger partial charge in [0, 0.05) is 48.2 Å². The molecule has 2 atom stereocenters. The molecule has 210 valence electrons. The number of rotatable bonds is 11. The highest BCUT2D eigenvalue weighted by atomic mass is 35.5. The Bertz CT molecular complexity index is 1260. The molecule has 10 nitrogen and oxygen atoms in total. The molecular weight excluding hydrogens is 526 g/mol. The molecule has 1 aliphatic heterocycles. The zero-order chi connectivity index (χ0) is 27.8. The highest BCUT2D eigenvalue weighted by Gasteiger charge is 2.35. The van der Waals surface area contributed by atoms with E-state index in [1.54, 1.807) is 11.8 Å². The third-order valence-corrected chi connectivity index (χ3v) is 6.74. The second-order valence-electron chi connectivity index (χ2n) is 9.12. The summed E-state index contributed by atoms with van der Waals surface area (Å²) in [6.45, 7) is 3.36. The van der Waals surface area contributed by atoms with Gasteiger partial charge in [-0.25, -0.2) is 9.59 Å². The van der Waals surface area contributed by atoms with Crippen LogP contribution in [0.2, 0.25) is 5.02 Å². The molecule has 0 aliphatic carbocycles. The summed E-state index contributed by atoms with van der Waals surface area (Å²) in [5.74, 6) is 0.625. The Morgan fingerprint density at radius 2 is 1.95 bits per heavy atom. The van der Waals surface area contributed by atoms with Crippen LogP contribution < -0.4 is 10.1 Å². The first-order chi connectivity index (χ1) is 18.9. The van der Waals surface area contributed by atoms with Crippen molar-refractivity contribution in [3.63, 3.8) is 0 Å². The van der Waals surface area contributed by atoms with Crippen LogP contribution in [0.3, 0.4) is 0 Å². The van der Waals surface area contributed by atoms with E-state index < -0.39 is 12.2 Å². The van der Waals surface area contributed by atoms with Crippen molar-refractivity contribution in [3.05, 3.63) is 64.3 Å². The van der Waals surface area contributed by atoms with E-state index in [9.17, 15) is 14.7 Å². The van der Waals surface area contributed by atoms with Gasteiger partial charge in [-0.2, -0.15) is 0 Å². The second kappa shape index (κ2) is 13.5. The number of aliphatic hydroxyl groups excluding tert-OH is 1. The summed E-state index contributed by atoms with van der Waals surface area (Å²) in [7, 11) is 1.52. The number of aliphatic hydroxyl groups is 1. The Hall–Kier alpha value is -3.47. The summed E-state index contributed by atoms with van der Waals surface area (Å²) in [5.41, 5.74) is 3.96. The number of carbonyl (C=O) groups excluding carboxylic acids is 2. The molecular formula is C28H34ClN3O7. The summed E-state index contributed by atoms with van der Waals surface area (Å²) in [4.78, 5) is 29.7. The fourth-order valence-electron chi connectivity index (χ4n) is 4.64. The molecule has 2 unspecified atom stereocenters. The maximum atomic E-state index is 12.9. The molecule has 39 heavy (non-hydrogen) atoms. The molecule has 11 heteroatoms. The number of aromatic amines is 1. The number of benzene rings is 2.